The summed E-state index contributed by atoms with van der Waals surface area (Å²) in [6.07, 6.45) is 4.12. The van der Waals surface area contributed by atoms with E-state index in [0.29, 0.717) is 0 Å². The molecule has 3 heteroatoms. The zero-order valence-corrected chi connectivity index (χ0v) is 7.28. The minimum absolute atomic E-state index is 0.750. The van der Waals surface area contributed by atoms with E-state index in [2.05, 4.69) is 0 Å². The van der Waals surface area contributed by atoms with Gasteiger partial charge < -0.3 is 0 Å². The third-order valence-corrected chi connectivity index (χ3v) is 1.80. The van der Waals surface area contributed by atoms with Crippen molar-refractivity contribution in [1.82, 2.24) is 4.57 Å². The van der Waals surface area contributed by atoms with Crippen molar-refractivity contribution in [1.29, 1.82) is 0 Å². The fourth-order valence-electron chi connectivity index (χ4n) is 0.645. The number of hydrogen-bond acceptors (Lipinski definition) is 2. The van der Waals surface area contributed by atoms with Crippen LogP contribution in [0.5, 0.6) is 0 Å². The number of nitrogens with zero attached hydrogens (tertiary/aromatic N) is 1. The highest BCUT2D eigenvalue weighted by molar-refractivity contribution is 7.07. The van der Waals surface area contributed by atoms with E-state index in [4.69, 9.17) is 0 Å². The summed E-state index contributed by atoms with van der Waals surface area (Å²) in [5, 5.41) is 4.08. The fraction of sp³-hybridized carbons (Fsp3) is 0. The van der Waals surface area contributed by atoms with Gasteiger partial charge in [-0.05, 0) is 22.9 Å². The number of carbonyl (C=O) groups excluding carboxylic acids is 1. The van der Waals surface area contributed by atoms with Crippen molar-refractivity contribution in [2.75, 3.05) is 0 Å². The van der Waals surface area contributed by atoms with Crippen LogP contribution in [0.15, 0.2) is 47.4 Å². The molecule has 0 N–H and O–H groups in total. The Bertz CT molecular complexity index is 269. The first-order valence-corrected chi connectivity index (χ1v) is 4.42. The zero-order valence-electron chi connectivity index (χ0n) is 6.46. The van der Waals surface area contributed by atoms with E-state index >= 15 is 0 Å². The van der Waals surface area contributed by atoms with Gasteiger partial charge in [0.25, 0.3) is 0 Å². The van der Waals surface area contributed by atoms with E-state index in [1.165, 1.54) is 4.57 Å². The quantitative estimate of drug-likeness (QED) is 0.615. The largest absolute Gasteiger partial charge is 0.297 e. The van der Waals surface area contributed by atoms with Crippen molar-refractivity contribution in [2.45, 2.75) is 0 Å². The lowest BCUT2D eigenvalue weighted by Gasteiger charge is -1.77. The number of hydrogen-bond donors (Lipinski definition) is 0. The van der Waals surface area contributed by atoms with Crippen molar-refractivity contribution in [3.8, 4) is 0 Å². The Morgan fingerprint density at radius 2 is 1.58 bits per heavy atom. The molecule has 0 saturated heterocycles. The molecule has 0 saturated carbocycles. The molecule has 0 bridgehead atoms. The highest BCUT2D eigenvalue weighted by atomic mass is 32.1. The van der Waals surface area contributed by atoms with Crippen LogP contribution in [0.25, 0.3) is 0 Å². The van der Waals surface area contributed by atoms with Gasteiger partial charge in [-0.25, -0.2) is 0 Å². The van der Waals surface area contributed by atoms with Crippen molar-refractivity contribution in [3.05, 3.63) is 47.4 Å². The third kappa shape index (κ3) is 3.16. The summed E-state index contributed by atoms with van der Waals surface area (Å²) in [4.78, 5) is 9.83. The van der Waals surface area contributed by atoms with E-state index in [9.17, 15) is 4.79 Å². The molecule has 2 aromatic rings. The van der Waals surface area contributed by atoms with Crippen molar-refractivity contribution in [3.63, 3.8) is 0 Å². The van der Waals surface area contributed by atoms with Crippen LogP contribution in [0, 0.1) is 0 Å². The van der Waals surface area contributed by atoms with Crippen LogP contribution in [0.2, 0.25) is 0 Å². The van der Waals surface area contributed by atoms with E-state index in [-0.39, 0.29) is 0 Å². The lowest BCUT2D eigenvalue weighted by molar-refractivity contribution is 0.547. The monoisotopic (exact) mass is 179 g/mol. The first-order chi connectivity index (χ1) is 5.93. The van der Waals surface area contributed by atoms with Crippen LogP contribution in [0.4, 0.5) is 0 Å². The summed E-state index contributed by atoms with van der Waals surface area (Å²) >= 11 is 1.71. The van der Waals surface area contributed by atoms with Crippen LogP contribution in [-0.4, -0.2) is 11.0 Å². The molecule has 2 aromatic heterocycles. The molecule has 62 valence electrons. The minimum atomic E-state index is 0.750. The first-order valence-electron chi connectivity index (χ1n) is 3.48. The van der Waals surface area contributed by atoms with Gasteiger partial charge in [-0.3, -0.25) is 9.36 Å². The molecule has 0 spiro atoms. The molecule has 0 aliphatic carbocycles. The Morgan fingerprint density at radius 1 is 1.00 bits per heavy atom. The summed E-state index contributed by atoms with van der Waals surface area (Å²) in [6.45, 7) is 0. The maximum atomic E-state index is 9.83. The van der Waals surface area contributed by atoms with Crippen molar-refractivity contribution < 1.29 is 4.79 Å². The Labute approximate surface area is 75.1 Å². The highest BCUT2D eigenvalue weighted by Gasteiger charge is 1.75. The molecule has 0 fully saturated rings. The van der Waals surface area contributed by atoms with Gasteiger partial charge in [0.15, 0.2) is 0 Å². The minimum Gasteiger partial charge on any atom is -0.297 e. The predicted molar refractivity (Wildman–Crippen MR) is 50.9 cm³/mol. The fourth-order valence-corrected chi connectivity index (χ4v) is 1.10. The molecule has 2 rings (SSSR count). The molecule has 0 aromatic carbocycles. The summed E-state index contributed by atoms with van der Waals surface area (Å²) in [5.41, 5.74) is 0. The van der Waals surface area contributed by atoms with Gasteiger partial charge >= 0.3 is 0 Å². The molecule has 0 unspecified atom stereocenters. The number of rotatable bonds is 1. The number of carbonyl (C=O) groups is 1. The average molecular weight is 179 g/mol. The van der Waals surface area contributed by atoms with E-state index in [1.807, 2.05) is 22.9 Å². The maximum absolute atomic E-state index is 9.83. The topological polar surface area (TPSA) is 22.0 Å². The van der Waals surface area contributed by atoms with Gasteiger partial charge in [-0.15, -0.1) is 0 Å². The van der Waals surface area contributed by atoms with Gasteiger partial charge in [-0.2, -0.15) is 11.3 Å². The number of thiophene rings is 1. The second-order valence-electron chi connectivity index (χ2n) is 2.03. The third-order valence-electron chi connectivity index (χ3n) is 1.17. The van der Waals surface area contributed by atoms with Gasteiger partial charge in [0, 0.05) is 12.4 Å². The molecule has 0 radical (unpaired) electrons. The van der Waals surface area contributed by atoms with Crippen molar-refractivity contribution in [2.24, 2.45) is 0 Å². The zero-order chi connectivity index (χ0) is 8.65. The van der Waals surface area contributed by atoms with Crippen LogP contribution in [0.1, 0.15) is 0 Å². The van der Waals surface area contributed by atoms with Crippen LogP contribution >= 0.6 is 11.3 Å². The molecule has 0 aliphatic rings. The van der Waals surface area contributed by atoms with Crippen LogP contribution in [-0.2, 0) is 4.79 Å². The van der Waals surface area contributed by atoms with Gasteiger partial charge in [0.1, 0.15) is 0 Å². The van der Waals surface area contributed by atoms with Gasteiger partial charge in [-0.1, -0.05) is 12.1 Å². The Hall–Kier alpha value is -1.35. The summed E-state index contributed by atoms with van der Waals surface area (Å²) in [5.74, 6) is 0. The van der Waals surface area contributed by atoms with E-state index in [1.54, 1.807) is 35.9 Å². The molecular formula is C9H9NOS. The molecule has 2 nitrogen and oxygen atoms in total. The average Bonchev–Trinajstić information content (AvgIpc) is 2.81. The normalized spacial score (nSPS) is 8.33. The smallest absolute Gasteiger partial charge is 0.217 e. The summed E-state index contributed by atoms with van der Waals surface area (Å²) in [7, 11) is 0. The van der Waals surface area contributed by atoms with E-state index < -0.39 is 0 Å². The molecular weight excluding hydrogens is 170 g/mol. The van der Waals surface area contributed by atoms with Gasteiger partial charge in [0.05, 0.1) is 0 Å². The first kappa shape index (κ1) is 8.74. The number of aromatic nitrogens is 1. The second kappa shape index (κ2) is 5.32. The Kier molecular flexibility index (Phi) is 3.88. The SMILES string of the molecule is O=Cn1cccc1.c1ccsc1. The lowest BCUT2D eigenvalue weighted by atomic mass is 10.7. The highest BCUT2D eigenvalue weighted by Crippen LogP contribution is 1.91. The molecule has 12 heavy (non-hydrogen) atoms. The molecule has 2 heterocycles. The Balaban J connectivity index is 0.000000127. The predicted octanol–water partition coefficient (Wildman–Crippen LogP) is 2.27. The Morgan fingerprint density at radius 3 is 1.83 bits per heavy atom. The van der Waals surface area contributed by atoms with Crippen molar-refractivity contribution >= 4 is 17.7 Å². The second-order valence-corrected chi connectivity index (χ2v) is 2.85. The lowest BCUT2D eigenvalue weighted by Crippen LogP contribution is -1.85. The maximum Gasteiger partial charge on any atom is 0.217 e. The van der Waals surface area contributed by atoms with Crippen LogP contribution in [0.3, 0.4) is 0 Å². The summed E-state index contributed by atoms with van der Waals surface area (Å²) in [6, 6.07) is 7.64. The molecule has 0 aliphatic heterocycles. The molecule has 0 atom stereocenters. The van der Waals surface area contributed by atoms with Crippen LogP contribution < -0.4 is 0 Å². The molecule has 0 amide bonds. The van der Waals surface area contributed by atoms with Gasteiger partial charge in [0.2, 0.25) is 6.41 Å². The standard InChI is InChI=1S/C5H5NO.C4H4S/c7-5-6-3-1-2-4-6;1-2-4-5-3-1/h1-5H;1-4H. The summed E-state index contributed by atoms with van der Waals surface area (Å²) < 4.78 is 1.44. The van der Waals surface area contributed by atoms with E-state index in [0.717, 1.165) is 6.41 Å².